The first-order chi connectivity index (χ1) is 15.8. The highest BCUT2D eigenvalue weighted by atomic mass is 32.1. The molecule has 0 bridgehead atoms. The van der Waals surface area contributed by atoms with Gasteiger partial charge in [-0.25, -0.2) is 8.78 Å². The molecule has 2 saturated carbocycles. The summed E-state index contributed by atoms with van der Waals surface area (Å²) in [5.74, 6) is 1.01. The molecule has 0 radical (unpaired) electrons. The van der Waals surface area contributed by atoms with Gasteiger partial charge in [0.2, 0.25) is 0 Å². The highest BCUT2D eigenvalue weighted by molar-refractivity contribution is 7.59. The van der Waals surface area contributed by atoms with E-state index in [0.29, 0.717) is 11.7 Å². The van der Waals surface area contributed by atoms with Crippen LogP contribution in [0.2, 0.25) is 0 Å². The normalized spacial score (nSPS) is 22.9. The van der Waals surface area contributed by atoms with Gasteiger partial charge in [0.05, 0.1) is 7.11 Å². The number of carbonyl (C=O) groups is 1. The maximum Gasteiger partial charge on any atom is 0.172 e. The summed E-state index contributed by atoms with van der Waals surface area (Å²) in [5, 5.41) is 0. The molecule has 0 spiro atoms. The lowest BCUT2D eigenvalue weighted by molar-refractivity contribution is -0.129. The molecule has 186 valence electrons. The summed E-state index contributed by atoms with van der Waals surface area (Å²) >= 11 is 0. The summed E-state index contributed by atoms with van der Waals surface area (Å²) in [6.45, 7) is 2.82. The lowest BCUT2D eigenvalue weighted by Crippen LogP contribution is -2.36. The van der Waals surface area contributed by atoms with Crippen molar-refractivity contribution in [1.29, 1.82) is 0 Å². The summed E-state index contributed by atoms with van der Waals surface area (Å²) in [6.07, 6.45) is 8.23. The van der Waals surface area contributed by atoms with E-state index in [1.807, 2.05) is 18.2 Å². The summed E-state index contributed by atoms with van der Waals surface area (Å²) < 4.78 is 35.0. The average molecular weight is 489 g/mol. The van der Waals surface area contributed by atoms with Crippen LogP contribution in [-0.2, 0) is 11.2 Å². The van der Waals surface area contributed by atoms with Crippen LogP contribution in [0.5, 0.6) is 5.75 Å². The van der Waals surface area contributed by atoms with Crippen LogP contribution in [0.4, 0.5) is 8.78 Å². The van der Waals surface area contributed by atoms with Crippen LogP contribution < -0.4 is 4.74 Å². The Morgan fingerprint density at radius 3 is 2.41 bits per heavy atom. The Morgan fingerprint density at radius 2 is 1.79 bits per heavy atom. The minimum atomic E-state index is -1.81. The van der Waals surface area contributed by atoms with Crippen LogP contribution in [-0.4, -0.2) is 18.6 Å². The van der Waals surface area contributed by atoms with E-state index in [2.05, 4.69) is 12.1 Å². The zero-order valence-corrected chi connectivity index (χ0v) is 21.6. The van der Waals surface area contributed by atoms with Crippen molar-refractivity contribution in [1.82, 2.24) is 0 Å². The Bertz CT molecular complexity index is 978. The largest absolute Gasteiger partial charge is 0.497 e. The van der Waals surface area contributed by atoms with E-state index < -0.39 is 5.67 Å². The Morgan fingerprint density at radius 1 is 1.09 bits per heavy atom. The number of hydrogen-bond donors (Lipinski definition) is 0. The Balaban J connectivity index is 0.00000324. The predicted octanol–water partition coefficient (Wildman–Crippen LogP) is 7.66. The van der Waals surface area contributed by atoms with Crippen molar-refractivity contribution in [2.24, 2.45) is 11.8 Å². The molecule has 1 unspecified atom stereocenters. The molecule has 2 aliphatic rings. The summed E-state index contributed by atoms with van der Waals surface area (Å²) in [7, 11) is 1.62. The molecule has 0 aliphatic heterocycles. The number of aryl methyl sites for hydroxylation is 1. The predicted molar refractivity (Wildman–Crippen MR) is 138 cm³/mol. The number of ketones is 1. The van der Waals surface area contributed by atoms with Crippen molar-refractivity contribution in [3.63, 3.8) is 0 Å². The second-order valence-corrected chi connectivity index (χ2v) is 10.3. The van der Waals surface area contributed by atoms with Gasteiger partial charge in [-0.2, -0.15) is 13.5 Å². The molecule has 0 N–H and O–H groups in total. The molecular formula is C29H38F2O2S. The van der Waals surface area contributed by atoms with Crippen LogP contribution in [0.1, 0.15) is 87.3 Å². The lowest BCUT2D eigenvalue weighted by atomic mass is 9.76. The monoisotopic (exact) mass is 488 g/mol. The third-order valence-electron chi connectivity index (χ3n) is 8.01. The van der Waals surface area contributed by atoms with Gasteiger partial charge < -0.3 is 4.74 Å². The first kappa shape index (κ1) is 26.7. The number of carbonyl (C=O) groups excluding carboxylic acids is 1. The molecule has 34 heavy (non-hydrogen) atoms. The van der Waals surface area contributed by atoms with E-state index in [1.54, 1.807) is 13.2 Å². The fourth-order valence-corrected chi connectivity index (χ4v) is 5.71. The third kappa shape index (κ3) is 6.02. The minimum absolute atomic E-state index is 0. The number of Topliss-reactive ketones (excluding diaryl/α,β-unsaturated/α-hetero) is 1. The standard InChI is InChI=1S/C29H36F2O2.H2S/c1-19(32)29(2,31)28(23-13-14-23)24-6-4-5-21(17-24)8-7-20-9-11-22(12-10-20)26-18-25(33-3)15-16-27(26)30;/h4-6,15-18,20,22-23,28H,7-14H2,1-3H3;1H2/t20?,22?,28-,29?;/m0./s1. The second kappa shape index (κ2) is 11.2. The van der Waals surface area contributed by atoms with Gasteiger partial charge in [0.15, 0.2) is 11.5 Å². The van der Waals surface area contributed by atoms with Crippen molar-refractivity contribution >= 4 is 19.3 Å². The number of methoxy groups -OCH3 is 1. The third-order valence-corrected chi connectivity index (χ3v) is 8.01. The molecular weight excluding hydrogens is 450 g/mol. The molecule has 0 saturated heterocycles. The Kier molecular flexibility index (Phi) is 8.83. The highest BCUT2D eigenvalue weighted by Gasteiger charge is 2.48. The second-order valence-electron chi connectivity index (χ2n) is 10.3. The van der Waals surface area contributed by atoms with Crippen LogP contribution >= 0.6 is 13.5 Å². The van der Waals surface area contributed by atoms with Gasteiger partial charge in [-0.1, -0.05) is 24.3 Å². The van der Waals surface area contributed by atoms with Crippen LogP contribution in [0.3, 0.4) is 0 Å². The highest BCUT2D eigenvalue weighted by Crippen LogP contribution is 2.50. The number of benzene rings is 2. The van der Waals surface area contributed by atoms with Crippen LogP contribution in [0.15, 0.2) is 42.5 Å². The molecule has 2 aromatic rings. The molecule has 2 aromatic carbocycles. The van der Waals surface area contributed by atoms with E-state index in [-0.39, 0.29) is 42.8 Å². The van der Waals surface area contributed by atoms with Crippen molar-refractivity contribution in [2.45, 2.75) is 82.7 Å². The van der Waals surface area contributed by atoms with E-state index in [1.165, 1.54) is 25.5 Å². The van der Waals surface area contributed by atoms with Crippen molar-refractivity contribution in [3.05, 3.63) is 65.0 Å². The summed E-state index contributed by atoms with van der Waals surface area (Å²) in [4.78, 5) is 12.0. The summed E-state index contributed by atoms with van der Waals surface area (Å²) in [5.41, 5.74) is 1.16. The maximum atomic E-state index is 15.3. The molecule has 2 fully saturated rings. The van der Waals surface area contributed by atoms with Crippen LogP contribution in [0, 0.1) is 17.7 Å². The Labute approximate surface area is 209 Å². The van der Waals surface area contributed by atoms with Gasteiger partial charge in [0.1, 0.15) is 11.6 Å². The summed E-state index contributed by atoms with van der Waals surface area (Å²) in [6, 6.07) is 13.3. The number of ether oxygens (including phenoxy) is 1. The minimum Gasteiger partial charge on any atom is -0.497 e. The molecule has 2 aliphatic carbocycles. The lowest BCUT2D eigenvalue weighted by Gasteiger charge is -2.30. The molecule has 5 heteroatoms. The quantitative estimate of drug-likeness (QED) is 0.362. The fourth-order valence-electron chi connectivity index (χ4n) is 5.71. The maximum absolute atomic E-state index is 15.3. The molecule has 0 heterocycles. The number of alkyl halides is 1. The van der Waals surface area contributed by atoms with Gasteiger partial charge in [0.25, 0.3) is 0 Å². The van der Waals surface area contributed by atoms with E-state index in [9.17, 15) is 9.18 Å². The smallest absolute Gasteiger partial charge is 0.172 e. The zero-order valence-electron chi connectivity index (χ0n) is 20.6. The molecule has 0 aromatic heterocycles. The van der Waals surface area contributed by atoms with Crippen LogP contribution in [0.25, 0.3) is 0 Å². The van der Waals surface area contributed by atoms with Crippen molar-refractivity contribution in [2.75, 3.05) is 7.11 Å². The zero-order chi connectivity index (χ0) is 23.6. The number of halogens is 2. The van der Waals surface area contributed by atoms with Gasteiger partial charge in [-0.3, -0.25) is 4.79 Å². The van der Waals surface area contributed by atoms with Gasteiger partial charge in [-0.05, 0) is 118 Å². The van der Waals surface area contributed by atoms with Crippen molar-refractivity contribution in [3.8, 4) is 5.75 Å². The Hall–Kier alpha value is -1.88. The first-order valence-electron chi connectivity index (χ1n) is 12.4. The SMILES string of the molecule is COc1ccc(F)c(C2CCC(CCc3cccc([C@H](C4CC4)C(C)(F)C(C)=O)c3)CC2)c1.S. The first-order valence-corrected chi connectivity index (χ1v) is 12.4. The van der Waals surface area contributed by atoms with E-state index >= 15 is 4.39 Å². The van der Waals surface area contributed by atoms with Gasteiger partial charge in [-0.15, -0.1) is 0 Å². The average Bonchev–Trinajstić information content (AvgIpc) is 3.63. The van der Waals surface area contributed by atoms with Gasteiger partial charge in [0, 0.05) is 5.92 Å². The van der Waals surface area contributed by atoms with Gasteiger partial charge >= 0.3 is 0 Å². The topological polar surface area (TPSA) is 26.3 Å². The number of hydrogen-bond acceptors (Lipinski definition) is 2. The van der Waals surface area contributed by atoms with E-state index in [0.717, 1.165) is 62.5 Å². The molecule has 2 nitrogen and oxygen atoms in total. The fraction of sp³-hybridized carbons (Fsp3) is 0.552. The van der Waals surface area contributed by atoms with Crippen molar-refractivity contribution < 1.29 is 18.3 Å². The number of rotatable bonds is 9. The molecule has 0 amide bonds. The molecule has 2 atom stereocenters. The van der Waals surface area contributed by atoms with E-state index in [4.69, 9.17) is 4.74 Å². The molecule has 4 rings (SSSR count).